The quantitative estimate of drug-likeness (QED) is 0.284. The van der Waals surface area contributed by atoms with E-state index < -0.39 is 41.5 Å². The number of carboxylic acid groups (broad SMARTS) is 2. The molecule has 2 atom stereocenters. The molecule has 6 aliphatic rings. The summed E-state index contributed by atoms with van der Waals surface area (Å²) in [6, 6.07) is 0. The molecule has 0 saturated carbocycles. The fraction of sp³-hybridized carbons (Fsp3) is 0.645. The van der Waals surface area contributed by atoms with E-state index in [0.29, 0.717) is 49.9 Å². The molecule has 0 aliphatic carbocycles. The molecule has 48 heavy (non-hydrogen) atoms. The first-order valence-corrected chi connectivity index (χ1v) is 15.8. The van der Waals surface area contributed by atoms with Crippen LogP contribution in [-0.4, -0.2) is 107 Å². The second kappa shape index (κ2) is 22.3. The number of rotatable bonds is 4. The smallest absolute Gasteiger partial charge is 0.338 e. The highest BCUT2D eigenvalue weighted by molar-refractivity contribution is 6.01. The molecule has 6 rings (SSSR count). The van der Waals surface area contributed by atoms with Gasteiger partial charge in [-0.1, -0.05) is 0 Å². The van der Waals surface area contributed by atoms with Crippen molar-refractivity contribution in [2.24, 2.45) is 11.8 Å². The number of aliphatic carboxylic acids is 2. The largest absolute Gasteiger partial charge is 0.502 e. The average molecular weight is 687 g/mol. The van der Waals surface area contributed by atoms with Crippen LogP contribution in [0.15, 0.2) is 24.2 Å². The molecule has 17 nitrogen and oxygen atoms in total. The molecule has 3 N–H and O–H groups in total. The van der Waals surface area contributed by atoms with Crippen LogP contribution in [0.5, 0.6) is 0 Å². The number of carbonyl (C=O) groups is 7. The van der Waals surface area contributed by atoms with E-state index in [1.54, 1.807) is 6.26 Å². The van der Waals surface area contributed by atoms with Crippen molar-refractivity contribution >= 4 is 41.5 Å². The lowest BCUT2D eigenvalue weighted by Crippen LogP contribution is -2.36. The van der Waals surface area contributed by atoms with Crippen LogP contribution in [0.2, 0.25) is 0 Å². The van der Waals surface area contributed by atoms with Crippen molar-refractivity contribution in [1.29, 1.82) is 0 Å². The van der Waals surface area contributed by atoms with E-state index in [0.717, 1.165) is 38.9 Å². The first-order chi connectivity index (χ1) is 23.0. The Labute approximate surface area is 278 Å². The number of nitrogens with zero attached hydrogens (tertiary/aromatic N) is 2. The predicted octanol–water partition coefficient (Wildman–Crippen LogP) is 2.36. The predicted molar refractivity (Wildman–Crippen MR) is 162 cm³/mol. The summed E-state index contributed by atoms with van der Waals surface area (Å²) in [5.74, 6) is -4.67. The number of imide groups is 2. The minimum atomic E-state index is -0.866. The molecule has 4 saturated heterocycles. The molecular formula is C31H46N2O15. The molecular weight excluding hydrogens is 640 g/mol. The van der Waals surface area contributed by atoms with Crippen molar-refractivity contribution < 1.29 is 74.2 Å². The van der Waals surface area contributed by atoms with Gasteiger partial charge in [0.1, 0.15) is 0 Å². The lowest BCUT2D eigenvalue weighted by molar-refractivity contribution is -0.202. The summed E-state index contributed by atoms with van der Waals surface area (Å²) in [7, 11) is 0. The number of allylic oxidation sites excluding steroid dienone is 1. The number of carboxylic acids is 2. The van der Waals surface area contributed by atoms with Gasteiger partial charge in [-0.05, 0) is 57.4 Å². The van der Waals surface area contributed by atoms with Crippen LogP contribution < -0.4 is 0 Å². The maximum atomic E-state index is 11.6. The van der Waals surface area contributed by atoms with Gasteiger partial charge in [0.2, 0.25) is 0 Å². The maximum Gasteiger partial charge on any atom is 0.338 e. The van der Waals surface area contributed by atoms with E-state index in [9.17, 15) is 33.6 Å². The van der Waals surface area contributed by atoms with Crippen molar-refractivity contribution in [1.82, 2.24) is 10.1 Å². The Morgan fingerprint density at radius 3 is 1.60 bits per heavy atom. The number of amides is 4. The van der Waals surface area contributed by atoms with Gasteiger partial charge < -0.3 is 34.0 Å². The molecule has 0 bridgehead atoms. The van der Waals surface area contributed by atoms with Crippen molar-refractivity contribution in [3.05, 3.63) is 24.2 Å². The number of hydrogen-bond acceptors (Lipinski definition) is 13. The Hall–Kier alpha value is -4.35. The second-order valence-corrected chi connectivity index (χ2v) is 11.1. The monoisotopic (exact) mass is 686 g/mol. The summed E-state index contributed by atoms with van der Waals surface area (Å²) in [5.41, 5.74) is 0.376. The van der Waals surface area contributed by atoms with Gasteiger partial charge in [-0.3, -0.25) is 29.2 Å². The van der Waals surface area contributed by atoms with Crippen LogP contribution in [0.4, 0.5) is 0 Å². The molecule has 0 radical (unpaired) electrons. The lowest BCUT2D eigenvalue weighted by atomic mass is 10.0. The van der Waals surface area contributed by atoms with Crippen molar-refractivity contribution in [2.45, 2.75) is 77.0 Å². The Morgan fingerprint density at radius 2 is 1.29 bits per heavy atom. The van der Waals surface area contributed by atoms with E-state index in [1.807, 2.05) is 6.08 Å². The fourth-order valence-electron chi connectivity index (χ4n) is 4.46. The second-order valence-electron chi connectivity index (χ2n) is 11.1. The van der Waals surface area contributed by atoms with E-state index in [-0.39, 0.29) is 44.0 Å². The molecule has 4 fully saturated rings. The molecule has 270 valence electrons. The fourth-order valence-corrected chi connectivity index (χ4v) is 4.46. The molecule has 4 amide bonds. The van der Waals surface area contributed by atoms with Crippen molar-refractivity contribution in [2.75, 3.05) is 39.6 Å². The van der Waals surface area contributed by atoms with Crippen LogP contribution in [0.25, 0.3) is 0 Å². The number of hydrogen-bond donors (Lipinski definition) is 3. The third-order valence-electron chi connectivity index (χ3n) is 7.25. The molecule has 0 aromatic rings. The molecule has 6 aliphatic heterocycles. The number of carbonyl (C=O) groups excluding carboxylic acids is 5. The van der Waals surface area contributed by atoms with E-state index in [1.165, 1.54) is 19.1 Å². The molecule has 0 aromatic carbocycles. The Kier molecular flexibility index (Phi) is 18.5. The molecule has 0 spiro atoms. The number of hydroxylamine groups is 4. The highest BCUT2D eigenvalue weighted by Gasteiger charge is 2.35. The summed E-state index contributed by atoms with van der Waals surface area (Å²) in [5, 5.41) is 26.0. The summed E-state index contributed by atoms with van der Waals surface area (Å²) in [6.07, 6.45) is 12.6. The van der Waals surface area contributed by atoms with Gasteiger partial charge in [0.25, 0.3) is 23.6 Å². The van der Waals surface area contributed by atoms with Gasteiger partial charge in [-0.25, -0.2) is 9.59 Å². The third kappa shape index (κ3) is 15.0. The summed E-state index contributed by atoms with van der Waals surface area (Å²) in [4.78, 5) is 79.7. The molecule has 0 aromatic heterocycles. The standard InChI is InChI=1S/C10H13NO5.C6H10O3.C6H8O3.C5H8O.C4H5NO3.H2/c12-8-3-4-9(13)11(8)16-10(14)7-2-1-5-15-6-7;2*7-6(8)5-2-1-3-9-4-5;1-2-4-6-5-3-1;6-3-1-2-4(7)5(3)8;/h7H,1-6H2;5H,1-4H2,(H,7,8);4H,1-3H2,(H,7,8);2,4H,1,3,5H2;8H,1-2H2;1H. The van der Waals surface area contributed by atoms with Gasteiger partial charge in [-0.15, -0.1) is 5.06 Å². The molecule has 2 unspecified atom stereocenters. The zero-order chi connectivity index (χ0) is 35.3. The van der Waals surface area contributed by atoms with Gasteiger partial charge in [0.15, 0.2) is 0 Å². The van der Waals surface area contributed by atoms with Crippen molar-refractivity contribution in [3.8, 4) is 0 Å². The minimum absolute atomic E-state index is 0. The highest BCUT2D eigenvalue weighted by atomic mass is 16.7. The Bertz CT molecular complexity index is 1140. The van der Waals surface area contributed by atoms with Crippen LogP contribution in [-0.2, 0) is 57.3 Å². The summed E-state index contributed by atoms with van der Waals surface area (Å²) < 4.78 is 19.8. The first kappa shape index (κ1) is 39.8. The SMILES string of the molecule is C1=COCCC1.O=C(O)C1=COCCC1.O=C(O)C1CCCOC1.O=C(ON1C(=O)CCC1=O)C1CCCOC1.O=C1CCC(=O)N1O.[HH]. The first-order valence-electron chi connectivity index (χ1n) is 15.8. The van der Waals surface area contributed by atoms with Gasteiger partial charge >= 0.3 is 17.9 Å². The van der Waals surface area contributed by atoms with E-state index >= 15 is 0 Å². The Balaban J connectivity index is 0.000000318. The normalized spacial score (nSPS) is 23.1. The third-order valence-corrected chi connectivity index (χ3v) is 7.25. The zero-order valence-electron chi connectivity index (χ0n) is 26.7. The highest BCUT2D eigenvalue weighted by Crippen LogP contribution is 2.19. The van der Waals surface area contributed by atoms with Gasteiger partial charge in [-0.2, -0.15) is 5.06 Å². The molecule has 6 heterocycles. The summed E-state index contributed by atoms with van der Waals surface area (Å²) in [6.45, 7) is 3.63. The van der Waals surface area contributed by atoms with Crippen LogP contribution in [0.3, 0.4) is 0 Å². The Morgan fingerprint density at radius 1 is 0.729 bits per heavy atom. The molecule has 17 heteroatoms. The van der Waals surface area contributed by atoms with Crippen LogP contribution in [0.1, 0.15) is 78.5 Å². The van der Waals surface area contributed by atoms with Gasteiger partial charge in [0, 0.05) is 40.3 Å². The maximum absolute atomic E-state index is 11.6. The average Bonchev–Trinajstić information content (AvgIpc) is 3.60. The van der Waals surface area contributed by atoms with E-state index in [2.05, 4.69) is 0 Å². The zero-order valence-corrected chi connectivity index (χ0v) is 26.7. The van der Waals surface area contributed by atoms with Crippen LogP contribution in [0, 0.1) is 11.8 Å². The summed E-state index contributed by atoms with van der Waals surface area (Å²) >= 11 is 0. The topological polar surface area (TPSA) is 233 Å². The van der Waals surface area contributed by atoms with E-state index in [4.69, 9.17) is 39.2 Å². The number of ether oxygens (including phenoxy) is 4. The minimum Gasteiger partial charge on any atom is -0.502 e. The van der Waals surface area contributed by atoms with Gasteiger partial charge in [0.05, 0.1) is 56.4 Å². The van der Waals surface area contributed by atoms with Crippen LogP contribution >= 0.6 is 0 Å². The lowest BCUT2D eigenvalue weighted by Gasteiger charge is -2.22. The van der Waals surface area contributed by atoms with Crippen molar-refractivity contribution in [3.63, 3.8) is 0 Å².